The third kappa shape index (κ3) is 5.47. The first kappa shape index (κ1) is 12.7. The molecule has 0 saturated carbocycles. The van der Waals surface area contributed by atoms with Crippen LogP contribution in [0.5, 0.6) is 0 Å². The van der Waals surface area contributed by atoms with E-state index in [-0.39, 0.29) is 0 Å². The van der Waals surface area contributed by atoms with Gasteiger partial charge in [0.25, 0.3) is 0 Å². The molecule has 2 nitrogen and oxygen atoms in total. The van der Waals surface area contributed by atoms with E-state index in [1.54, 1.807) is 0 Å². The Morgan fingerprint density at radius 2 is 2.00 bits per heavy atom. The predicted octanol–water partition coefficient (Wildman–Crippen LogP) is 3.13. The average Bonchev–Trinajstić information content (AvgIpc) is 2.31. The molecule has 2 heteroatoms. The van der Waals surface area contributed by atoms with Gasteiger partial charge >= 0.3 is 0 Å². The van der Waals surface area contributed by atoms with E-state index in [1.165, 1.54) is 11.1 Å². The quantitative estimate of drug-likeness (QED) is 0.399. The standard InChI is InChI=1S/C14H18O2/c1-13(7-5-6-10-15)11-16-12-14-8-3-2-4-9-14/h2-4,7-10H,5-6,11-12H2,1H3/b13-7+. The smallest absolute Gasteiger partial charge is 0.120 e. The first-order valence-electron chi connectivity index (χ1n) is 5.54. The molecular weight excluding hydrogens is 200 g/mol. The second kappa shape index (κ2) is 7.83. The molecule has 16 heavy (non-hydrogen) atoms. The summed E-state index contributed by atoms with van der Waals surface area (Å²) in [7, 11) is 0. The first-order valence-corrected chi connectivity index (χ1v) is 5.54. The molecule has 0 aliphatic rings. The van der Waals surface area contributed by atoms with Gasteiger partial charge in [0.1, 0.15) is 6.29 Å². The van der Waals surface area contributed by atoms with Crippen LogP contribution in [-0.4, -0.2) is 12.9 Å². The van der Waals surface area contributed by atoms with Crippen molar-refractivity contribution in [1.82, 2.24) is 0 Å². The average molecular weight is 218 g/mol. The highest BCUT2D eigenvalue weighted by Crippen LogP contribution is 2.03. The van der Waals surface area contributed by atoms with E-state index in [0.717, 1.165) is 12.7 Å². The second-order valence-corrected chi connectivity index (χ2v) is 3.77. The summed E-state index contributed by atoms with van der Waals surface area (Å²) >= 11 is 0. The Balaban J connectivity index is 2.20. The molecule has 0 aliphatic heterocycles. The van der Waals surface area contributed by atoms with E-state index in [1.807, 2.05) is 37.3 Å². The summed E-state index contributed by atoms with van der Waals surface area (Å²) in [6, 6.07) is 10.1. The fraction of sp³-hybridized carbons (Fsp3) is 0.357. The minimum absolute atomic E-state index is 0.593. The maximum Gasteiger partial charge on any atom is 0.120 e. The normalized spacial score (nSPS) is 11.4. The Kier molecular flexibility index (Phi) is 6.19. The lowest BCUT2D eigenvalue weighted by Gasteiger charge is -2.04. The maximum atomic E-state index is 10.1. The Bertz CT molecular complexity index is 328. The van der Waals surface area contributed by atoms with E-state index < -0.39 is 0 Å². The van der Waals surface area contributed by atoms with Crippen molar-refractivity contribution in [1.29, 1.82) is 0 Å². The minimum atomic E-state index is 0.593. The lowest BCUT2D eigenvalue weighted by molar-refractivity contribution is -0.107. The van der Waals surface area contributed by atoms with Crippen LogP contribution in [0.25, 0.3) is 0 Å². The van der Waals surface area contributed by atoms with E-state index >= 15 is 0 Å². The molecule has 86 valence electrons. The zero-order chi connectivity index (χ0) is 11.6. The molecule has 1 rings (SSSR count). The Labute approximate surface area is 96.9 Å². The zero-order valence-corrected chi connectivity index (χ0v) is 9.69. The van der Waals surface area contributed by atoms with Gasteiger partial charge in [0, 0.05) is 6.42 Å². The van der Waals surface area contributed by atoms with Crippen LogP contribution in [0, 0.1) is 0 Å². The lowest BCUT2D eigenvalue weighted by Crippen LogP contribution is -1.96. The number of hydrogen-bond donors (Lipinski definition) is 0. The lowest BCUT2D eigenvalue weighted by atomic mass is 10.2. The number of rotatable bonds is 7. The van der Waals surface area contributed by atoms with Gasteiger partial charge in [0.2, 0.25) is 0 Å². The number of carbonyl (C=O) groups excluding carboxylic acids is 1. The van der Waals surface area contributed by atoms with E-state index in [9.17, 15) is 4.79 Å². The van der Waals surface area contributed by atoms with Crippen molar-refractivity contribution < 1.29 is 9.53 Å². The molecule has 0 amide bonds. The monoisotopic (exact) mass is 218 g/mol. The van der Waals surface area contributed by atoms with Crippen LogP contribution in [0.1, 0.15) is 25.3 Å². The zero-order valence-electron chi connectivity index (χ0n) is 9.69. The molecule has 0 radical (unpaired) electrons. The van der Waals surface area contributed by atoms with Crippen molar-refractivity contribution in [2.24, 2.45) is 0 Å². The molecule has 0 atom stereocenters. The summed E-state index contributed by atoms with van der Waals surface area (Å²) in [5, 5.41) is 0. The summed E-state index contributed by atoms with van der Waals surface area (Å²) in [6.45, 7) is 3.29. The molecule has 0 unspecified atom stereocenters. The molecule has 0 aliphatic carbocycles. The SMILES string of the molecule is C/C(=C\CCC=O)COCc1ccccc1. The molecule has 1 aromatic carbocycles. The maximum absolute atomic E-state index is 10.1. The number of unbranched alkanes of at least 4 members (excludes halogenated alkanes) is 1. The number of allylic oxidation sites excluding steroid dienone is 1. The molecule has 0 spiro atoms. The number of aldehydes is 1. The molecule has 0 heterocycles. The third-order valence-corrected chi connectivity index (χ3v) is 2.22. The highest BCUT2D eigenvalue weighted by atomic mass is 16.5. The van der Waals surface area contributed by atoms with Gasteiger partial charge < -0.3 is 9.53 Å². The molecular formula is C14H18O2. The van der Waals surface area contributed by atoms with Crippen molar-refractivity contribution in [3.8, 4) is 0 Å². The van der Waals surface area contributed by atoms with Crippen molar-refractivity contribution >= 4 is 6.29 Å². The van der Waals surface area contributed by atoms with E-state index in [0.29, 0.717) is 19.6 Å². The fourth-order valence-electron chi connectivity index (χ4n) is 1.36. The molecule has 0 N–H and O–H groups in total. The number of ether oxygens (including phenoxy) is 1. The number of hydrogen-bond acceptors (Lipinski definition) is 2. The van der Waals surface area contributed by atoms with Gasteiger partial charge in [0.05, 0.1) is 13.2 Å². The van der Waals surface area contributed by atoms with Gasteiger partial charge in [-0.3, -0.25) is 0 Å². The van der Waals surface area contributed by atoms with E-state index in [4.69, 9.17) is 4.74 Å². The summed E-state index contributed by atoms with van der Waals surface area (Å²) in [4.78, 5) is 10.1. The van der Waals surface area contributed by atoms with Gasteiger partial charge in [-0.15, -0.1) is 0 Å². The number of benzene rings is 1. The molecule has 0 fully saturated rings. The number of carbonyl (C=O) groups is 1. The third-order valence-electron chi connectivity index (χ3n) is 2.22. The van der Waals surface area contributed by atoms with Crippen LogP contribution >= 0.6 is 0 Å². The molecule has 0 saturated heterocycles. The van der Waals surface area contributed by atoms with Gasteiger partial charge in [0.15, 0.2) is 0 Å². The van der Waals surface area contributed by atoms with Gasteiger partial charge in [-0.25, -0.2) is 0 Å². The Morgan fingerprint density at radius 3 is 2.69 bits per heavy atom. The van der Waals surface area contributed by atoms with Gasteiger partial charge in [-0.1, -0.05) is 42.0 Å². The summed E-state index contributed by atoms with van der Waals surface area (Å²) in [6.07, 6.45) is 4.40. The Morgan fingerprint density at radius 1 is 1.25 bits per heavy atom. The van der Waals surface area contributed by atoms with Gasteiger partial charge in [-0.2, -0.15) is 0 Å². The van der Waals surface area contributed by atoms with Crippen LogP contribution < -0.4 is 0 Å². The molecule has 0 aromatic heterocycles. The highest BCUT2D eigenvalue weighted by molar-refractivity contribution is 5.49. The molecule has 1 aromatic rings. The van der Waals surface area contributed by atoms with Crippen molar-refractivity contribution in [3.63, 3.8) is 0 Å². The summed E-state index contributed by atoms with van der Waals surface area (Å²) < 4.78 is 5.56. The summed E-state index contributed by atoms with van der Waals surface area (Å²) in [5.41, 5.74) is 2.36. The van der Waals surface area contributed by atoms with E-state index in [2.05, 4.69) is 6.08 Å². The van der Waals surface area contributed by atoms with Crippen molar-refractivity contribution in [2.75, 3.05) is 6.61 Å². The van der Waals surface area contributed by atoms with Crippen LogP contribution in [0.4, 0.5) is 0 Å². The molecule has 0 bridgehead atoms. The van der Waals surface area contributed by atoms with Crippen LogP contribution in [0.2, 0.25) is 0 Å². The topological polar surface area (TPSA) is 26.3 Å². The van der Waals surface area contributed by atoms with Crippen LogP contribution in [-0.2, 0) is 16.1 Å². The first-order chi connectivity index (χ1) is 7.83. The van der Waals surface area contributed by atoms with Crippen LogP contribution in [0.3, 0.4) is 0 Å². The highest BCUT2D eigenvalue weighted by Gasteiger charge is 1.93. The largest absolute Gasteiger partial charge is 0.372 e. The second-order valence-electron chi connectivity index (χ2n) is 3.77. The van der Waals surface area contributed by atoms with Crippen LogP contribution in [0.15, 0.2) is 42.0 Å². The summed E-state index contributed by atoms with van der Waals surface area (Å²) in [5.74, 6) is 0. The fourth-order valence-corrected chi connectivity index (χ4v) is 1.36. The van der Waals surface area contributed by atoms with Gasteiger partial charge in [-0.05, 0) is 18.9 Å². The predicted molar refractivity (Wildman–Crippen MR) is 65.2 cm³/mol. The van der Waals surface area contributed by atoms with Crippen molar-refractivity contribution in [2.45, 2.75) is 26.4 Å². The Hall–Kier alpha value is -1.41. The minimum Gasteiger partial charge on any atom is -0.372 e. The van der Waals surface area contributed by atoms with Crippen molar-refractivity contribution in [3.05, 3.63) is 47.5 Å².